The first-order valence-corrected chi connectivity index (χ1v) is 13.8. The zero-order valence-electron chi connectivity index (χ0n) is 23.7. The van der Waals surface area contributed by atoms with Crippen molar-refractivity contribution in [1.82, 2.24) is 4.57 Å². The number of allylic oxidation sites excluding steroid dienone is 1. The van der Waals surface area contributed by atoms with Gasteiger partial charge in [-0.15, -0.1) is 0 Å². The summed E-state index contributed by atoms with van der Waals surface area (Å²) in [5.41, 5.74) is 1.74. The quantitative estimate of drug-likeness (QED) is 0.336. The molecule has 0 radical (unpaired) electrons. The molecule has 2 heterocycles. The zero-order valence-corrected chi connectivity index (χ0v) is 24.5. The van der Waals surface area contributed by atoms with Crippen molar-refractivity contribution in [1.29, 1.82) is 5.26 Å². The summed E-state index contributed by atoms with van der Waals surface area (Å²) in [4.78, 5) is 32.2. The van der Waals surface area contributed by atoms with E-state index in [-0.39, 0.29) is 30.5 Å². The molecule has 0 spiro atoms. The lowest BCUT2D eigenvalue weighted by Gasteiger charge is -2.25. The van der Waals surface area contributed by atoms with Gasteiger partial charge in [0.25, 0.3) is 5.56 Å². The van der Waals surface area contributed by atoms with Gasteiger partial charge in [-0.05, 0) is 69.2 Å². The molecule has 2 aromatic carbocycles. The SMILES string of the molecule is CCOC(=O)C1=C(C)N=c2s/c(=C\c3ccc(OCC#N)c(OC)c3)c(=O)n2[C@H]1c1ccc(OC(C)C)c(OC)c1. The maximum Gasteiger partial charge on any atom is 0.338 e. The van der Waals surface area contributed by atoms with Crippen LogP contribution in [0.1, 0.15) is 44.9 Å². The molecule has 4 rings (SSSR count). The Labute approximate surface area is 241 Å². The standard InChI is InChI=1S/C30H31N3O7S/c1-7-38-29(35)26-18(4)32-30-33(27(26)20-9-11-22(40-17(2)3)24(16-20)37-6)28(34)25(41-30)15-19-8-10-21(39-13-12-31)23(14-19)36-5/h8-11,14-17,27H,7,13H2,1-6H3/b25-15-/t27-/m0/s1. The molecule has 0 fully saturated rings. The van der Waals surface area contributed by atoms with Gasteiger partial charge in [0, 0.05) is 0 Å². The van der Waals surface area contributed by atoms with E-state index >= 15 is 0 Å². The normalized spacial score (nSPS) is 14.7. The predicted molar refractivity (Wildman–Crippen MR) is 153 cm³/mol. The number of methoxy groups -OCH3 is 2. The van der Waals surface area contributed by atoms with Gasteiger partial charge < -0.3 is 23.7 Å². The lowest BCUT2D eigenvalue weighted by Crippen LogP contribution is -2.40. The van der Waals surface area contributed by atoms with Crippen molar-refractivity contribution in [3.8, 4) is 29.1 Å². The van der Waals surface area contributed by atoms with Crippen molar-refractivity contribution in [3.05, 3.63) is 78.5 Å². The molecular formula is C30H31N3O7S. The van der Waals surface area contributed by atoms with Crippen LogP contribution in [0.4, 0.5) is 0 Å². The van der Waals surface area contributed by atoms with Gasteiger partial charge in [0.2, 0.25) is 0 Å². The lowest BCUT2D eigenvalue weighted by molar-refractivity contribution is -0.139. The molecule has 0 unspecified atom stereocenters. The number of carbonyl (C=O) groups is 1. The average molecular weight is 578 g/mol. The number of ether oxygens (including phenoxy) is 5. The molecule has 0 N–H and O–H groups in total. The summed E-state index contributed by atoms with van der Waals surface area (Å²) in [6.07, 6.45) is 1.65. The highest BCUT2D eigenvalue weighted by molar-refractivity contribution is 7.07. The van der Waals surface area contributed by atoms with Crippen LogP contribution in [-0.2, 0) is 9.53 Å². The van der Waals surface area contributed by atoms with Crippen molar-refractivity contribution < 1.29 is 28.5 Å². The highest BCUT2D eigenvalue weighted by Crippen LogP contribution is 2.36. The Morgan fingerprint density at radius 2 is 1.83 bits per heavy atom. The van der Waals surface area contributed by atoms with Crippen molar-refractivity contribution in [2.75, 3.05) is 27.4 Å². The zero-order chi connectivity index (χ0) is 29.7. The number of hydrogen-bond donors (Lipinski definition) is 0. The summed E-state index contributed by atoms with van der Waals surface area (Å²) in [5.74, 6) is 1.32. The molecule has 10 nitrogen and oxygen atoms in total. The first kappa shape index (κ1) is 29.4. The number of nitriles is 1. The molecule has 1 atom stereocenters. The number of benzene rings is 2. The molecule has 41 heavy (non-hydrogen) atoms. The fraction of sp³-hybridized carbons (Fsp3) is 0.333. The number of fused-ring (bicyclic) bond motifs is 1. The van der Waals surface area contributed by atoms with E-state index in [0.29, 0.717) is 49.2 Å². The summed E-state index contributed by atoms with van der Waals surface area (Å²) in [7, 11) is 3.04. The van der Waals surface area contributed by atoms with Crippen LogP contribution in [0.25, 0.3) is 6.08 Å². The van der Waals surface area contributed by atoms with Gasteiger partial charge in [0.05, 0.1) is 48.8 Å². The first-order valence-electron chi connectivity index (χ1n) is 12.9. The Hall–Kier alpha value is -4.56. The van der Waals surface area contributed by atoms with Gasteiger partial charge in [-0.1, -0.05) is 23.5 Å². The molecule has 0 saturated heterocycles. The third kappa shape index (κ3) is 6.12. The largest absolute Gasteiger partial charge is 0.493 e. The minimum atomic E-state index is -0.800. The Balaban J connectivity index is 1.89. The van der Waals surface area contributed by atoms with E-state index in [1.54, 1.807) is 50.3 Å². The van der Waals surface area contributed by atoms with Gasteiger partial charge in [-0.25, -0.2) is 9.79 Å². The summed E-state index contributed by atoms with van der Waals surface area (Å²) in [6.45, 7) is 7.34. The Kier molecular flexibility index (Phi) is 9.14. The number of nitrogens with zero attached hydrogens (tertiary/aromatic N) is 3. The average Bonchev–Trinajstić information content (AvgIpc) is 3.25. The predicted octanol–water partition coefficient (Wildman–Crippen LogP) is 3.51. The monoisotopic (exact) mass is 577 g/mol. The fourth-order valence-electron chi connectivity index (χ4n) is 4.47. The Morgan fingerprint density at radius 1 is 1.12 bits per heavy atom. The van der Waals surface area contributed by atoms with E-state index in [9.17, 15) is 9.59 Å². The summed E-state index contributed by atoms with van der Waals surface area (Å²) >= 11 is 1.21. The Morgan fingerprint density at radius 3 is 2.49 bits per heavy atom. The number of thiazole rings is 1. The summed E-state index contributed by atoms with van der Waals surface area (Å²) in [5, 5.41) is 8.82. The van der Waals surface area contributed by atoms with E-state index < -0.39 is 12.0 Å². The van der Waals surface area contributed by atoms with Crippen molar-refractivity contribution in [2.24, 2.45) is 4.99 Å². The summed E-state index contributed by atoms with van der Waals surface area (Å²) in [6, 6.07) is 11.6. The van der Waals surface area contributed by atoms with E-state index in [2.05, 4.69) is 4.99 Å². The second-order valence-electron chi connectivity index (χ2n) is 9.24. The lowest BCUT2D eigenvalue weighted by atomic mass is 9.95. The molecule has 0 saturated carbocycles. The fourth-order valence-corrected chi connectivity index (χ4v) is 5.51. The smallest absolute Gasteiger partial charge is 0.338 e. The maximum atomic E-state index is 13.9. The topological polar surface area (TPSA) is 121 Å². The van der Waals surface area contributed by atoms with Crippen molar-refractivity contribution >= 4 is 23.4 Å². The van der Waals surface area contributed by atoms with Crippen LogP contribution in [0.5, 0.6) is 23.0 Å². The third-order valence-electron chi connectivity index (χ3n) is 6.16. The van der Waals surface area contributed by atoms with E-state index in [1.807, 2.05) is 26.0 Å². The molecule has 214 valence electrons. The number of carbonyl (C=O) groups excluding carboxylic acids is 1. The number of rotatable bonds is 10. The third-order valence-corrected chi connectivity index (χ3v) is 7.14. The molecule has 1 aliphatic heterocycles. The number of aromatic nitrogens is 1. The summed E-state index contributed by atoms with van der Waals surface area (Å²) < 4.78 is 29.6. The van der Waals surface area contributed by atoms with E-state index in [1.165, 1.54) is 30.1 Å². The molecule has 1 aliphatic rings. The van der Waals surface area contributed by atoms with Crippen molar-refractivity contribution in [3.63, 3.8) is 0 Å². The van der Waals surface area contributed by atoms with Crippen molar-refractivity contribution in [2.45, 2.75) is 39.8 Å². The molecule has 0 aliphatic carbocycles. The van der Waals surface area contributed by atoms with Gasteiger partial charge in [-0.3, -0.25) is 9.36 Å². The maximum absolute atomic E-state index is 13.9. The van der Waals surface area contributed by atoms with Gasteiger partial charge in [0.1, 0.15) is 6.07 Å². The molecule has 11 heteroatoms. The van der Waals surface area contributed by atoms with Crippen LogP contribution < -0.4 is 33.8 Å². The highest BCUT2D eigenvalue weighted by Gasteiger charge is 2.34. The van der Waals surface area contributed by atoms with Gasteiger partial charge >= 0.3 is 5.97 Å². The van der Waals surface area contributed by atoms with E-state index in [0.717, 1.165) is 0 Å². The first-order chi connectivity index (χ1) is 19.7. The van der Waals surface area contributed by atoms with Gasteiger partial charge in [0.15, 0.2) is 34.4 Å². The second-order valence-corrected chi connectivity index (χ2v) is 10.2. The number of hydrogen-bond acceptors (Lipinski definition) is 10. The van der Waals surface area contributed by atoms with Gasteiger partial charge in [-0.2, -0.15) is 5.26 Å². The minimum absolute atomic E-state index is 0.0738. The van der Waals surface area contributed by atoms with Crippen LogP contribution in [0, 0.1) is 11.3 Å². The minimum Gasteiger partial charge on any atom is -0.493 e. The Bertz CT molecular complexity index is 1710. The second kappa shape index (κ2) is 12.7. The highest BCUT2D eigenvalue weighted by atomic mass is 32.1. The van der Waals surface area contributed by atoms with Crippen LogP contribution >= 0.6 is 11.3 Å². The van der Waals surface area contributed by atoms with Crippen LogP contribution in [-0.4, -0.2) is 44.1 Å². The van der Waals surface area contributed by atoms with Crippen LogP contribution in [0.3, 0.4) is 0 Å². The van der Waals surface area contributed by atoms with Crippen LogP contribution in [0.15, 0.2) is 57.5 Å². The molecule has 3 aromatic rings. The number of esters is 1. The van der Waals surface area contributed by atoms with E-state index in [4.69, 9.17) is 28.9 Å². The van der Waals surface area contributed by atoms with Crippen LogP contribution in [0.2, 0.25) is 0 Å². The molecule has 0 bridgehead atoms. The molecule has 1 aromatic heterocycles. The molecular weight excluding hydrogens is 546 g/mol. The molecule has 0 amide bonds.